The summed E-state index contributed by atoms with van der Waals surface area (Å²) in [4.78, 5) is 40.8. The number of nitrogens with two attached hydrogens (primary N) is 1. The zero-order chi connectivity index (χ0) is 12.7. The van der Waals surface area contributed by atoms with Crippen molar-refractivity contribution in [3.05, 3.63) is 17.7 Å². The molecule has 0 aromatic heterocycles. The van der Waals surface area contributed by atoms with E-state index in [0.29, 0.717) is 5.56 Å². The minimum atomic E-state index is -0.0605. The van der Waals surface area contributed by atoms with Crippen LogP contribution in [0.3, 0.4) is 0 Å². The van der Waals surface area contributed by atoms with Gasteiger partial charge < -0.3 is 5.73 Å². The molecule has 0 unspecified atom stereocenters. The van der Waals surface area contributed by atoms with Gasteiger partial charge in [0.2, 0.25) is 18.2 Å². The maximum atomic E-state index is 10.3. The first kappa shape index (κ1) is 12.4. The molecule has 1 aromatic carbocycles. The molecule has 0 heterocycles. The normalized spacial score (nSPS) is 8.53. The van der Waals surface area contributed by atoms with E-state index >= 15 is 0 Å². The number of carbonyl (C=O) groups excluding carboxylic acids is 3. The molecule has 0 saturated carbocycles. The van der Waals surface area contributed by atoms with Crippen molar-refractivity contribution in [2.45, 2.75) is 6.54 Å². The fourth-order valence-corrected chi connectivity index (χ4v) is 1.24. The lowest BCUT2D eigenvalue weighted by molar-refractivity contribution is 0.564. The summed E-state index contributed by atoms with van der Waals surface area (Å²) in [6.45, 7) is 0.0764. The number of nitrogens with zero attached hydrogens (tertiary/aromatic N) is 3. The molecule has 0 fully saturated rings. The Morgan fingerprint density at radius 3 is 2.06 bits per heavy atom. The highest BCUT2D eigenvalue weighted by Gasteiger charge is 2.12. The second kappa shape index (κ2) is 6.02. The van der Waals surface area contributed by atoms with Crippen molar-refractivity contribution in [2.24, 2.45) is 20.7 Å². The number of hydrogen-bond acceptors (Lipinski definition) is 7. The van der Waals surface area contributed by atoms with Crippen LogP contribution >= 0.6 is 0 Å². The molecule has 7 nitrogen and oxygen atoms in total. The van der Waals surface area contributed by atoms with E-state index in [1.165, 1.54) is 30.4 Å². The predicted molar refractivity (Wildman–Crippen MR) is 57.7 cm³/mol. The molecule has 7 heteroatoms. The molecule has 1 rings (SSSR count). The van der Waals surface area contributed by atoms with Crippen molar-refractivity contribution in [3.63, 3.8) is 0 Å². The van der Waals surface area contributed by atoms with E-state index < -0.39 is 0 Å². The van der Waals surface area contributed by atoms with Crippen LogP contribution < -0.4 is 5.73 Å². The highest BCUT2D eigenvalue weighted by atomic mass is 16.1. The van der Waals surface area contributed by atoms with Crippen LogP contribution in [0.4, 0.5) is 17.1 Å². The SMILES string of the molecule is NCc1ccc(N=C=O)c(N=C=O)c1N=C=O. The van der Waals surface area contributed by atoms with Crippen molar-refractivity contribution in [2.75, 3.05) is 0 Å². The summed E-state index contributed by atoms with van der Waals surface area (Å²) in [7, 11) is 0. The molecule has 2 N–H and O–H groups in total. The lowest BCUT2D eigenvalue weighted by Crippen LogP contribution is -1.96. The molecule has 0 spiro atoms. The number of benzene rings is 1. The van der Waals surface area contributed by atoms with Gasteiger partial charge in [-0.2, -0.15) is 15.0 Å². The third kappa shape index (κ3) is 2.66. The van der Waals surface area contributed by atoms with Gasteiger partial charge in [-0.05, 0) is 11.6 Å². The van der Waals surface area contributed by atoms with E-state index in [0.717, 1.165) is 0 Å². The lowest BCUT2D eigenvalue weighted by atomic mass is 10.1. The van der Waals surface area contributed by atoms with Crippen molar-refractivity contribution in [1.82, 2.24) is 0 Å². The Hall–Kier alpha value is -2.68. The summed E-state index contributed by atoms with van der Waals surface area (Å²) in [5.74, 6) is 0. The minimum Gasteiger partial charge on any atom is -0.326 e. The van der Waals surface area contributed by atoms with Crippen molar-refractivity contribution < 1.29 is 14.4 Å². The summed E-state index contributed by atoms with van der Waals surface area (Å²) in [5, 5.41) is 0. The third-order valence-corrected chi connectivity index (χ3v) is 1.91. The first-order valence-corrected chi connectivity index (χ1v) is 4.38. The average Bonchev–Trinajstić information content (AvgIpc) is 2.34. The molecule has 1 aromatic rings. The molecule has 0 atom stereocenters. The van der Waals surface area contributed by atoms with Gasteiger partial charge in [-0.3, -0.25) is 0 Å². The molecule has 17 heavy (non-hydrogen) atoms. The van der Waals surface area contributed by atoms with E-state index in [4.69, 9.17) is 5.73 Å². The zero-order valence-corrected chi connectivity index (χ0v) is 8.51. The first-order chi connectivity index (χ1) is 8.28. The van der Waals surface area contributed by atoms with Crippen LogP contribution in [0.15, 0.2) is 27.1 Å². The highest BCUT2D eigenvalue weighted by molar-refractivity contribution is 5.82. The van der Waals surface area contributed by atoms with Crippen LogP contribution in [0.5, 0.6) is 0 Å². The number of rotatable bonds is 4. The predicted octanol–water partition coefficient (Wildman–Crippen LogP) is 1.05. The van der Waals surface area contributed by atoms with Gasteiger partial charge in [0, 0.05) is 6.54 Å². The number of isocyanates is 3. The monoisotopic (exact) mass is 230 g/mol. The fraction of sp³-hybridized carbons (Fsp3) is 0.100. The van der Waals surface area contributed by atoms with Crippen LogP contribution in [-0.2, 0) is 20.9 Å². The Balaban J connectivity index is 3.69. The second-order valence-corrected chi connectivity index (χ2v) is 2.75. The zero-order valence-electron chi connectivity index (χ0n) is 8.51. The summed E-state index contributed by atoms with van der Waals surface area (Å²) in [5.41, 5.74) is 5.93. The molecular weight excluding hydrogens is 224 g/mol. The molecule has 0 aliphatic carbocycles. The molecule has 0 amide bonds. The van der Waals surface area contributed by atoms with Gasteiger partial charge in [-0.1, -0.05) is 6.07 Å². The van der Waals surface area contributed by atoms with Gasteiger partial charge in [0.15, 0.2) is 0 Å². The van der Waals surface area contributed by atoms with Crippen LogP contribution in [-0.4, -0.2) is 18.2 Å². The highest BCUT2D eigenvalue weighted by Crippen LogP contribution is 2.39. The number of aliphatic imine (C=N–C) groups is 3. The molecule has 0 bridgehead atoms. The van der Waals surface area contributed by atoms with Crippen LogP contribution in [0.25, 0.3) is 0 Å². The minimum absolute atomic E-state index is 0.0438. The van der Waals surface area contributed by atoms with Gasteiger partial charge in [-0.25, -0.2) is 14.4 Å². The third-order valence-electron chi connectivity index (χ3n) is 1.91. The van der Waals surface area contributed by atoms with Crippen molar-refractivity contribution in [1.29, 1.82) is 0 Å². The maximum absolute atomic E-state index is 10.3. The van der Waals surface area contributed by atoms with E-state index in [-0.39, 0.29) is 23.6 Å². The first-order valence-electron chi connectivity index (χ1n) is 4.38. The maximum Gasteiger partial charge on any atom is 0.240 e. The Kier molecular flexibility index (Phi) is 4.39. The molecule has 84 valence electrons. The van der Waals surface area contributed by atoms with Gasteiger partial charge in [0.25, 0.3) is 0 Å². The molecule has 0 radical (unpaired) electrons. The van der Waals surface area contributed by atoms with E-state index in [1.807, 2.05) is 0 Å². The lowest BCUT2D eigenvalue weighted by Gasteiger charge is -2.05. The average molecular weight is 230 g/mol. The molecule has 0 saturated heterocycles. The van der Waals surface area contributed by atoms with Crippen LogP contribution in [0, 0.1) is 0 Å². The van der Waals surface area contributed by atoms with Crippen molar-refractivity contribution in [3.8, 4) is 0 Å². The second-order valence-electron chi connectivity index (χ2n) is 2.75. The van der Waals surface area contributed by atoms with Gasteiger partial charge >= 0.3 is 0 Å². The Bertz CT molecular complexity index is 577. The van der Waals surface area contributed by atoms with Crippen molar-refractivity contribution >= 4 is 35.3 Å². The quantitative estimate of drug-likeness (QED) is 0.614. The smallest absolute Gasteiger partial charge is 0.240 e. The Labute approximate surface area is 95.4 Å². The van der Waals surface area contributed by atoms with E-state index in [9.17, 15) is 14.4 Å². The summed E-state index contributed by atoms with van der Waals surface area (Å²) in [6, 6.07) is 2.92. The topological polar surface area (TPSA) is 114 Å². The molecular formula is C10H6N4O3. The van der Waals surface area contributed by atoms with Crippen LogP contribution in [0.2, 0.25) is 0 Å². The van der Waals surface area contributed by atoms with E-state index in [2.05, 4.69) is 15.0 Å². The number of hydrogen-bond donors (Lipinski definition) is 1. The van der Waals surface area contributed by atoms with Gasteiger partial charge in [0.1, 0.15) is 17.1 Å². The Morgan fingerprint density at radius 2 is 1.53 bits per heavy atom. The van der Waals surface area contributed by atoms with Gasteiger partial charge in [0.05, 0.1) is 0 Å². The standard InChI is InChI=1S/C10H6N4O3/c11-3-7-1-2-8(12-4-15)10(14-6-17)9(7)13-5-16/h1-2H,3,11H2. The largest absolute Gasteiger partial charge is 0.326 e. The van der Waals surface area contributed by atoms with Crippen LogP contribution in [0.1, 0.15) is 5.56 Å². The van der Waals surface area contributed by atoms with Gasteiger partial charge in [-0.15, -0.1) is 0 Å². The summed E-state index contributed by atoms with van der Waals surface area (Å²) in [6.07, 6.45) is 3.91. The molecule has 0 aliphatic heterocycles. The van der Waals surface area contributed by atoms with E-state index in [1.54, 1.807) is 0 Å². The Morgan fingerprint density at radius 1 is 0.941 bits per heavy atom. The summed E-state index contributed by atoms with van der Waals surface area (Å²) < 4.78 is 0. The molecule has 0 aliphatic rings. The summed E-state index contributed by atoms with van der Waals surface area (Å²) >= 11 is 0. The fourth-order valence-electron chi connectivity index (χ4n) is 1.24.